The first kappa shape index (κ1) is 19.1. The first-order valence-electron chi connectivity index (χ1n) is 5.48. The average Bonchev–Trinajstić information content (AvgIpc) is 2.34. The molecule has 1 amide bonds. The van der Waals surface area contributed by atoms with Crippen LogP contribution in [0, 0.1) is 22.9 Å². The third-order valence-electron chi connectivity index (χ3n) is 2.50. The zero-order valence-corrected chi connectivity index (χ0v) is 11.7. The molecule has 0 aliphatic heterocycles. The number of nitrogens with two attached hydrogens (primary N) is 1. The SMILES string of the molecule is Cc1cc(F)cc(C(=O)NCC(F)(F)CN)c1[N+](=O)[O-].Cl. The van der Waals surface area contributed by atoms with Crippen LogP contribution in [0.1, 0.15) is 15.9 Å². The van der Waals surface area contributed by atoms with Crippen molar-refractivity contribution in [2.24, 2.45) is 5.73 Å². The Kier molecular flexibility index (Phi) is 6.58. The van der Waals surface area contributed by atoms with Crippen LogP contribution < -0.4 is 11.1 Å². The van der Waals surface area contributed by atoms with Crippen molar-refractivity contribution in [3.8, 4) is 0 Å². The molecular weight excluding hydrogens is 315 g/mol. The number of hydrogen-bond acceptors (Lipinski definition) is 4. The van der Waals surface area contributed by atoms with Gasteiger partial charge in [0.05, 0.1) is 18.0 Å². The van der Waals surface area contributed by atoms with Crippen LogP contribution in [-0.2, 0) is 0 Å². The van der Waals surface area contributed by atoms with E-state index in [0.29, 0.717) is 6.07 Å². The zero-order chi connectivity index (χ0) is 15.5. The van der Waals surface area contributed by atoms with Gasteiger partial charge >= 0.3 is 0 Å². The van der Waals surface area contributed by atoms with Crippen molar-refractivity contribution in [3.63, 3.8) is 0 Å². The molecule has 1 rings (SSSR count). The Hall–Kier alpha value is -1.87. The molecule has 0 fully saturated rings. The van der Waals surface area contributed by atoms with Gasteiger partial charge in [0, 0.05) is 5.56 Å². The van der Waals surface area contributed by atoms with Crippen LogP contribution in [-0.4, -0.2) is 29.8 Å². The molecule has 1 aromatic carbocycles. The fraction of sp³-hybridized carbons (Fsp3) is 0.364. The molecule has 0 atom stereocenters. The van der Waals surface area contributed by atoms with Crippen molar-refractivity contribution in [2.75, 3.05) is 13.1 Å². The van der Waals surface area contributed by atoms with Gasteiger partial charge in [-0.15, -0.1) is 12.4 Å². The van der Waals surface area contributed by atoms with E-state index >= 15 is 0 Å². The Bertz CT molecular complexity index is 555. The predicted molar refractivity (Wildman–Crippen MR) is 71.4 cm³/mol. The van der Waals surface area contributed by atoms with Gasteiger partial charge in [-0.1, -0.05) is 0 Å². The highest BCUT2D eigenvalue weighted by Gasteiger charge is 2.30. The molecule has 0 unspecified atom stereocenters. The fourth-order valence-electron chi connectivity index (χ4n) is 1.53. The highest BCUT2D eigenvalue weighted by molar-refractivity contribution is 5.98. The number of amides is 1. The van der Waals surface area contributed by atoms with E-state index in [0.717, 1.165) is 6.07 Å². The first-order chi connectivity index (χ1) is 9.18. The summed E-state index contributed by atoms with van der Waals surface area (Å²) >= 11 is 0. The Balaban J connectivity index is 0.00000400. The van der Waals surface area contributed by atoms with Crippen molar-refractivity contribution in [3.05, 3.63) is 39.2 Å². The van der Waals surface area contributed by atoms with Gasteiger partial charge in [-0.2, -0.15) is 0 Å². The molecule has 0 aliphatic rings. The number of aryl methyl sites for hydroxylation is 1. The van der Waals surface area contributed by atoms with Gasteiger partial charge in [0.1, 0.15) is 11.4 Å². The molecule has 0 heterocycles. The van der Waals surface area contributed by atoms with Crippen LogP contribution in [0.2, 0.25) is 0 Å². The van der Waals surface area contributed by atoms with Gasteiger partial charge in [0.15, 0.2) is 0 Å². The van der Waals surface area contributed by atoms with Crippen molar-refractivity contribution in [2.45, 2.75) is 12.8 Å². The number of carbonyl (C=O) groups excluding carboxylic acids is 1. The molecular formula is C11H13ClF3N3O3. The number of nitrogens with one attached hydrogen (secondary N) is 1. The molecule has 118 valence electrons. The van der Waals surface area contributed by atoms with Gasteiger partial charge < -0.3 is 11.1 Å². The Morgan fingerprint density at radius 3 is 2.52 bits per heavy atom. The van der Waals surface area contributed by atoms with Crippen LogP contribution in [0.5, 0.6) is 0 Å². The molecule has 0 bridgehead atoms. The number of nitrogens with zero attached hydrogens (tertiary/aromatic N) is 1. The molecule has 21 heavy (non-hydrogen) atoms. The van der Waals surface area contributed by atoms with Crippen LogP contribution in [0.25, 0.3) is 0 Å². The van der Waals surface area contributed by atoms with E-state index in [2.05, 4.69) is 0 Å². The summed E-state index contributed by atoms with van der Waals surface area (Å²) < 4.78 is 39.0. The molecule has 1 aromatic rings. The van der Waals surface area contributed by atoms with Crippen molar-refractivity contribution >= 4 is 24.0 Å². The van der Waals surface area contributed by atoms with E-state index in [1.54, 1.807) is 5.32 Å². The van der Waals surface area contributed by atoms with Crippen molar-refractivity contribution < 1.29 is 22.9 Å². The number of hydrogen-bond donors (Lipinski definition) is 2. The normalized spacial score (nSPS) is 10.7. The fourth-order valence-corrected chi connectivity index (χ4v) is 1.53. The molecule has 0 saturated carbocycles. The lowest BCUT2D eigenvalue weighted by Gasteiger charge is -2.14. The molecule has 6 nitrogen and oxygen atoms in total. The maximum absolute atomic E-state index is 13.2. The lowest BCUT2D eigenvalue weighted by atomic mass is 10.1. The second-order valence-electron chi connectivity index (χ2n) is 4.12. The summed E-state index contributed by atoms with van der Waals surface area (Å²) in [7, 11) is 0. The van der Waals surface area contributed by atoms with Crippen LogP contribution in [0.15, 0.2) is 12.1 Å². The number of carbonyl (C=O) groups is 1. The maximum Gasteiger partial charge on any atom is 0.285 e. The Labute approximate surface area is 124 Å². The van der Waals surface area contributed by atoms with E-state index in [1.165, 1.54) is 6.92 Å². The van der Waals surface area contributed by atoms with E-state index in [4.69, 9.17) is 5.73 Å². The summed E-state index contributed by atoms with van der Waals surface area (Å²) in [6.45, 7) is -0.834. The Morgan fingerprint density at radius 2 is 2.05 bits per heavy atom. The quantitative estimate of drug-likeness (QED) is 0.636. The number of benzene rings is 1. The summed E-state index contributed by atoms with van der Waals surface area (Å²) in [4.78, 5) is 21.7. The van der Waals surface area contributed by atoms with E-state index in [-0.39, 0.29) is 18.0 Å². The van der Waals surface area contributed by atoms with Gasteiger partial charge in [-0.3, -0.25) is 14.9 Å². The van der Waals surface area contributed by atoms with E-state index < -0.39 is 46.9 Å². The van der Waals surface area contributed by atoms with Crippen LogP contribution in [0.3, 0.4) is 0 Å². The summed E-state index contributed by atoms with van der Waals surface area (Å²) in [6, 6.07) is 1.50. The summed E-state index contributed by atoms with van der Waals surface area (Å²) in [5, 5.41) is 12.7. The van der Waals surface area contributed by atoms with Crippen molar-refractivity contribution in [1.82, 2.24) is 5.32 Å². The zero-order valence-electron chi connectivity index (χ0n) is 10.9. The molecule has 0 aliphatic carbocycles. The molecule has 10 heteroatoms. The molecule has 0 spiro atoms. The van der Waals surface area contributed by atoms with Crippen LogP contribution >= 0.6 is 12.4 Å². The summed E-state index contributed by atoms with van der Waals surface area (Å²) in [5.41, 5.74) is 3.47. The average molecular weight is 328 g/mol. The summed E-state index contributed by atoms with van der Waals surface area (Å²) in [6.07, 6.45) is 0. The minimum Gasteiger partial charge on any atom is -0.346 e. The van der Waals surface area contributed by atoms with Gasteiger partial charge in [0.2, 0.25) is 0 Å². The van der Waals surface area contributed by atoms with E-state index in [1.807, 2.05) is 0 Å². The number of nitro benzene ring substituents is 1. The van der Waals surface area contributed by atoms with Crippen molar-refractivity contribution in [1.29, 1.82) is 0 Å². The molecule has 0 saturated heterocycles. The highest BCUT2D eigenvalue weighted by Crippen LogP contribution is 2.24. The largest absolute Gasteiger partial charge is 0.346 e. The minimum absolute atomic E-state index is 0. The number of rotatable bonds is 5. The topological polar surface area (TPSA) is 98.3 Å². The maximum atomic E-state index is 13.2. The number of alkyl halides is 2. The van der Waals surface area contributed by atoms with Crippen LogP contribution in [0.4, 0.5) is 18.9 Å². The molecule has 0 aromatic heterocycles. The lowest BCUT2D eigenvalue weighted by Crippen LogP contribution is -2.41. The van der Waals surface area contributed by atoms with Gasteiger partial charge in [-0.05, 0) is 19.1 Å². The third kappa shape index (κ3) is 4.87. The smallest absolute Gasteiger partial charge is 0.285 e. The first-order valence-corrected chi connectivity index (χ1v) is 5.48. The standard InChI is InChI=1S/C11H12F3N3O3.ClH/c1-6-2-7(12)3-8(9(6)17(19)20)10(18)16-5-11(13,14)4-15;/h2-3H,4-5,15H2,1H3,(H,16,18);1H. The Morgan fingerprint density at radius 1 is 1.48 bits per heavy atom. The number of halogens is 4. The highest BCUT2D eigenvalue weighted by atomic mass is 35.5. The minimum atomic E-state index is -3.34. The summed E-state index contributed by atoms with van der Waals surface area (Å²) in [5.74, 6) is -5.37. The van der Waals surface area contributed by atoms with Gasteiger partial charge in [-0.25, -0.2) is 13.2 Å². The lowest BCUT2D eigenvalue weighted by molar-refractivity contribution is -0.385. The van der Waals surface area contributed by atoms with Gasteiger partial charge in [0.25, 0.3) is 17.5 Å². The second kappa shape index (κ2) is 7.23. The number of nitro groups is 1. The molecule has 0 radical (unpaired) electrons. The molecule has 3 N–H and O–H groups in total. The van der Waals surface area contributed by atoms with E-state index in [9.17, 15) is 28.1 Å². The second-order valence-corrected chi connectivity index (χ2v) is 4.12. The third-order valence-corrected chi connectivity index (χ3v) is 2.50. The monoisotopic (exact) mass is 327 g/mol. The predicted octanol–water partition coefficient (Wildman–Crippen LogP) is 1.79.